The van der Waals surface area contributed by atoms with Gasteiger partial charge in [-0.05, 0) is 18.1 Å². The third-order valence-corrected chi connectivity index (χ3v) is 5.40. The minimum absolute atomic E-state index is 0.0131. The summed E-state index contributed by atoms with van der Waals surface area (Å²) in [6, 6.07) is 20.2. The van der Waals surface area contributed by atoms with Crippen molar-refractivity contribution in [1.29, 1.82) is 0 Å². The van der Waals surface area contributed by atoms with Crippen molar-refractivity contribution in [1.82, 2.24) is 9.78 Å². The van der Waals surface area contributed by atoms with E-state index < -0.39 is 0 Å². The van der Waals surface area contributed by atoms with Crippen molar-refractivity contribution in [3.63, 3.8) is 0 Å². The molecule has 1 atom stereocenters. The van der Waals surface area contributed by atoms with E-state index in [2.05, 4.69) is 22.5 Å². The van der Waals surface area contributed by atoms with E-state index >= 15 is 0 Å². The van der Waals surface area contributed by atoms with Gasteiger partial charge in [-0.1, -0.05) is 60.7 Å². The number of thioether (sulfide) groups is 1. The highest BCUT2D eigenvalue weighted by molar-refractivity contribution is 7.99. The van der Waals surface area contributed by atoms with Gasteiger partial charge in [-0.3, -0.25) is 9.48 Å². The molecule has 1 unspecified atom stereocenters. The highest BCUT2D eigenvalue weighted by Gasteiger charge is 2.14. The molecule has 0 bridgehead atoms. The first-order valence-corrected chi connectivity index (χ1v) is 10.4. The van der Waals surface area contributed by atoms with Gasteiger partial charge < -0.3 is 10.1 Å². The van der Waals surface area contributed by atoms with Gasteiger partial charge in [0.15, 0.2) is 0 Å². The lowest BCUT2D eigenvalue weighted by atomic mass is 10.2. The molecule has 0 radical (unpaired) electrons. The van der Waals surface area contributed by atoms with Crippen LogP contribution in [0.2, 0.25) is 0 Å². The van der Waals surface area contributed by atoms with Crippen LogP contribution >= 0.6 is 11.8 Å². The summed E-state index contributed by atoms with van der Waals surface area (Å²) in [6.07, 6.45) is 3.50. The molecule has 0 aliphatic rings. The van der Waals surface area contributed by atoms with Crippen molar-refractivity contribution >= 4 is 23.4 Å². The Bertz CT molecular complexity index is 852. The fraction of sp³-hybridized carbons (Fsp3) is 0.273. The molecule has 6 heteroatoms. The number of aromatic nitrogens is 2. The van der Waals surface area contributed by atoms with Crippen LogP contribution in [0.3, 0.4) is 0 Å². The normalized spacial score (nSPS) is 11.9. The minimum Gasteiger partial charge on any atom is -0.375 e. The Hall–Kier alpha value is -2.57. The Morgan fingerprint density at radius 3 is 2.50 bits per heavy atom. The largest absolute Gasteiger partial charge is 0.375 e. The number of nitrogens with zero attached hydrogens (tertiary/aromatic N) is 2. The molecular formula is C22H25N3O2S. The van der Waals surface area contributed by atoms with E-state index in [1.807, 2.05) is 61.7 Å². The first-order chi connectivity index (χ1) is 13.7. The molecule has 0 aliphatic carbocycles. The lowest BCUT2D eigenvalue weighted by molar-refractivity contribution is -0.115. The van der Waals surface area contributed by atoms with E-state index in [4.69, 9.17) is 4.74 Å². The van der Waals surface area contributed by atoms with Crippen LogP contribution in [0, 0.1) is 0 Å². The fourth-order valence-corrected chi connectivity index (χ4v) is 3.43. The second-order valence-corrected chi connectivity index (χ2v) is 7.79. The van der Waals surface area contributed by atoms with Crippen LogP contribution in [0.5, 0.6) is 0 Å². The number of benzene rings is 2. The summed E-state index contributed by atoms with van der Waals surface area (Å²) in [4.78, 5) is 12.4. The van der Waals surface area contributed by atoms with Crippen molar-refractivity contribution in [3.05, 3.63) is 84.2 Å². The summed E-state index contributed by atoms with van der Waals surface area (Å²) in [5, 5.41) is 7.07. The number of nitrogens with one attached hydrogen (secondary N) is 1. The number of ether oxygens (including phenoxy) is 1. The van der Waals surface area contributed by atoms with Crippen LogP contribution < -0.4 is 5.32 Å². The number of hydrogen-bond acceptors (Lipinski definition) is 4. The molecule has 5 nitrogen and oxygen atoms in total. The first kappa shape index (κ1) is 20.2. The Balaban J connectivity index is 1.37. The third-order valence-electron chi connectivity index (χ3n) is 4.19. The van der Waals surface area contributed by atoms with Gasteiger partial charge in [0.1, 0.15) is 0 Å². The molecule has 1 heterocycles. The van der Waals surface area contributed by atoms with E-state index in [1.165, 1.54) is 5.56 Å². The van der Waals surface area contributed by atoms with E-state index in [1.54, 1.807) is 22.6 Å². The van der Waals surface area contributed by atoms with Gasteiger partial charge in [-0.15, -0.1) is 11.8 Å². The third kappa shape index (κ3) is 6.55. The van der Waals surface area contributed by atoms with E-state index in [9.17, 15) is 4.79 Å². The molecule has 0 fully saturated rings. The monoisotopic (exact) mass is 395 g/mol. The molecule has 0 saturated heterocycles. The molecule has 3 rings (SSSR count). The van der Waals surface area contributed by atoms with E-state index in [-0.39, 0.29) is 11.2 Å². The van der Waals surface area contributed by atoms with Crippen molar-refractivity contribution in [2.45, 2.75) is 31.1 Å². The zero-order valence-corrected chi connectivity index (χ0v) is 16.8. The molecule has 28 heavy (non-hydrogen) atoms. The maximum Gasteiger partial charge on any atom is 0.237 e. The predicted molar refractivity (Wildman–Crippen MR) is 114 cm³/mol. The van der Waals surface area contributed by atoms with Gasteiger partial charge in [-0.2, -0.15) is 5.10 Å². The second-order valence-electron chi connectivity index (χ2n) is 6.46. The number of carbonyl (C=O) groups is 1. The van der Waals surface area contributed by atoms with Crippen LogP contribution in [0.1, 0.15) is 18.1 Å². The maximum absolute atomic E-state index is 12.4. The Labute approximate surface area is 170 Å². The fourth-order valence-electron chi connectivity index (χ4n) is 2.59. The van der Waals surface area contributed by atoms with Gasteiger partial charge in [0, 0.05) is 11.9 Å². The highest BCUT2D eigenvalue weighted by atomic mass is 32.2. The van der Waals surface area contributed by atoms with Crippen molar-refractivity contribution in [3.8, 4) is 0 Å². The molecular weight excluding hydrogens is 370 g/mol. The Morgan fingerprint density at radius 2 is 1.79 bits per heavy atom. The lowest BCUT2D eigenvalue weighted by Crippen LogP contribution is -2.22. The van der Waals surface area contributed by atoms with Crippen molar-refractivity contribution in [2.75, 3.05) is 11.9 Å². The van der Waals surface area contributed by atoms with Crippen LogP contribution in [0.25, 0.3) is 0 Å². The number of anilines is 1. The Morgan fingerprint density at radius 1 is 1.11 bits per heavy atom. The molecule has 1 aromatic heterocycles. The second kappa shape index (κ2) is 10.7. The van der Waals surface area contributed by atoms with Gasteiger partial charge in [0.2, 0.25) is 5.91 Å². The van der Waals surface area contributed by atoms with Gasteiger partial charge in [-0.25, -0.2) is 0 Å². The zero-order valence-electron chi connectivity index (χ0n) is 16.0. The summed E-state index contributed by atoms with van der Waals surface area (Å²) < 4.78 is 7.45. The van der Waals surface area contributed by atoms with Crippen LogP contribution in [-0.4, -0.2) is 27.5 Å². The smallest absolute Gasteiger partial charge is 0.237 e. The van der Waals surface area contributed by atoms with E-state index in [0.29, 0.717) is 25.4 Å². The summed E-state index contributed by atoms with van der Waals surface area (Å²) in [7, 11) is 0. The highest BCUT2D eigenvalue weighted by Crippen LogP contribution is 2.19. The predicted octanol–water partition coefficient (Wildman–Crippen LogP) is 4.36. The summed E-state index contributed by atoms with van der Waals surface area (Å²) in [6.45, 7) is 3.71. The average molecular weight is 396 g/mol. The summed E-state index contributed by atoms with van der Waals surface area (Å²) in [5.41, 5.74) is 3.08. The lowest BCUT2D eigenvalue weighted by Gasteiger charge is -2.11. The number of amides is 1. The van der Waals surface area contributed by atoms with Crippen molar-refractivity contribution in [2.24, 2.45) is 0 Å². The van der Waals surface area contributed by atoms with Crippen LogP contribution in [-0.2, 0) is 28.4 Å². The quantitative estimate of drug-likeness (QED) is 0.518. The minimum atomic E-state index is -0.141. The van der Waals surface area contributed by atoms with Gasteiger partial charge in [0.05, 0.1) is 36.9 Å². The number of hydrogen-bond donors (Lipinski definition) is 1. The molecule has 2 aromatic carbocycles. The number of rotatable bonds is 10. The standard InChI is InChI=1S/C22H25N3O2S/c1-18(28-17-20-10-6-3-7-11-20)22(26)24-21-14-23-25(15-21)12-13-27-16-19-8-4-2-5-9-19/h2-11,14-15,18H,12-13,16-17H2,1H3,(H,24,26). The molecule has 1 N–H and O–H groups in total. The van der Waals surface area contributed by atoms with Crippen LogP contribution in [0.15, 0.2) is 73.1 Å². The summed E-state index contributed by atoms with van der Waals surface area (Å²) in [5.74, 6) is 0.800. The topological polar surface area (TPSA) is 56.2 Å². The number of carbonyl (C=O) groups excluding carboxylic acids is 1. The molecule has 146 valence electrons. The Kier molecular flexibility index (Phi) is 7.70. The molecule has 1 amide bonds. The molecule has 0 saturated carbocycles. The average Bonchev–Trinajstić information content (AvgIpc) is 3.18. The maximum atomic E-state index is 12.4. The first-order valence-electron chi connectivity index (χ1n) is 9.31. The van der Waals surface area contributed by atoms with Gasteiger partial charge in [0.25, 0.3) is 0 Å². The SMILES string of the molecule is CC(SCc1ccccc1)C(=O)Nc1cnn(CCOCc2ccccc2)c1. The molecule has 0 aliphatic heterocycles. The summed E-state index contributed by atoms with van der Waals surface area (Å²) >= 11 is 1.62. The van der Waals surface area contributed by atoms with Crippen LogP contribution in [0.4, 0.5) is 5.69 Å². The van der Waals surface area contributed by atoms with Gasteiger partial charge >= 0.3 is 0 Å². The van der Waals surface area contributed by atoms with E-state index in [0.717, 1.165) is 11.3 Å². The van der Waals surface area contributed by atoms with Crippen molar-refractivity contribution < 1.29 is 9.53 Å². The zero-order chi connectivity index (χ0) is 19.6. The molecule has 0 spiro atoms. The molecule has 3 aromatic rings.